The van der Waals surface area contributed by atoms with Gasteiger partial charge in [0.1, 0.15) is 5.75 Å². The van der Waals surface area contributed by atoms with E-state index in [1.54, 1.807) is 18.4 Å². The van der Waals surface area contributed by atoms with Gasteiger partial charge in [-0.05, 0) is 68.1 Å². The van der Waals surface area contributed by atoms with E-state index in [1.807, 2.05) is 6.07 Å². The first-order valence-corrected chi connectivity index (χ1v) is 10.1. The van der Waals surface area contributed by atoms with Gasteiger partial charge in [0.2, 0.25) is 0 Å². The van der Waals surface area contributed by atoms with Crippen molar-refractivity contribution in [1.82, 2.24) is 9.47 Å². The predicted octanol–water partition coefficient (Wildman–Crippen LogP) is 4.67. The highest BCUT2D eigenvalue weighted by molar-refractivity contribution is 5.86. The van der Waals surface area contributed by atoms with Crippen LogP contribution in [0.4, 0.5) is 0 Å². The Morgan fingerprint density at radius 3 is 2.63 bits per heavy atom. The minimum Gasteiger partial charge on any atom is -0.497 e. The number of piperidine rings is 1. The number of ether oxygens (including phenoxy) is 1. The van der Waals surface area contributed by atoms with Gasteiger partial charge in [0.15, 0.2) is 0 Å². The van der Waals surface area contributed by atoms with Crippen LogP contribution >= 0.6 is 0 Å². The SMILES string of the molecule is COc1cccc(CN2CCC3(CCc4c3n(C)c3ccccc43)CC2)c1. The summed E-state index contributed by atoms with van der Waals surface area (Å²) in [5, 5.41) is 1.48. The second-order valence-electron chi connectivity index (χ2n) is 8.31. The zero-order valence-corrected chi connectivity index (χ0v) is 16.4. The number of aryl methyl sites for hydroxylation is 2. The number of fused-ring (bicyclic) bond motifs is 4. The van der Waals surface area contributed by atoms with Crippen molar-refractivity contribution < 1.29 is 4.74 Å². The summed E-state index contributed by atoms with van der Waals surface area (Å²) in [5.41, 5.74) is 6.38. The standard InChI is InChI=1S/C24H28N2O/c1-25-22-9-4-3-8-20(22)21-10-11-24(23(21)25)12-14-26(15-13-24)17-18-6-5-7-19(16-18)27-2/h3-9,16H,10-15,17H2,1-2H3. The van der Waals surface area contributed by atoms with Crippen molar-refractivity contribution in [3.8, 4) is 5.75 Å². The number of para-hydroxylation sites is 1. The van der Waals surface area contributed by atoms with Crippen LogP contribution in [-0.4, -0.2) is 29.7 Å². The summed E-state index contributed by atoms with van der Waals surface area (Å²) < 4.78 is 7.88. The number of nitrogens with zero attached hydrogens (tertiary/aromatic N) is 2. The topological polar surface area (TPSA) is 17.4 Å². The van der Waals surface area contributed by atoms with Crippen molar-refractivity contribution in [1.29, 1.82) is 0 Å². The van der Waals surface area contributed by atoms with Crippen molar-refractivity contribution >= 4 is 10.9 Å². The van der Waals surface area contributed by atoms with E-state index in [-0.39, 0.29) is 0 Å². The Labute approximate surface area is 161 Å². The minimum absolute atomic E-state index is 0.383. The molecule has 140 valence electrons. The van der Waals surface area contributed by atoms with Crippen LogP contribution in [0, 0.1) is 0 Å². The van der Waals surface area contributed by atoms with E-state index < -0.39 is 0 Å². The lowest BCUT2D eigenvalue weighted by Crippen LogP contribution is -2.42. The normalized spacial score (nSPS) is 18.9. The molecular formula is C24H28N2O. The Kier molecular flexibility index (Phi) is 4.01. The van der Waals surface area contributed by atoms with E-state index in [1.165, 1.54) is 55.2 Å². The van der Waals surface area contributed by atoms with Gasteiger partial charge in [-0.3, -0.25) is 4.90 Å². The van der Waals surface area contributed by atoms with Crippen LogP contribution in [0.15, 0.2) is 48.5 Å². The molecule has 0 amide bonds. The maximum atomic E-state index is 5.38. The van der Waals surface area contributed by atoms with Crippen molar-refractivity contribution in [2.45, 2.75) is 37.6 Å². The summed E-state index contributed by atoms with van der Waals surface area (Å²) in [4.78, 5) is 2.61. The quantitative estimate of drug-likeness (QED) is 0.675. The largest absolute Gasteiger partial charge is 0.497 e. The molecule has 0 saturated carbocycles. The molecule has 0 N–H and O–H groups in total. The first-order valence-electron chi connectivity index (χ1n) is 10.1. The lowest BCUT2D eigenvalue weighted by atomic mass is 9.76. The van der Waals surface area contributed by atoms with Gasteiger partial charge in [-0.25, -0.2) is 0 Å². The molecule has 0 unspecified atom stereocenters. The number of likely N-dealkylation sites (tertiary alicyclic amines) is 1. The van der Waals surface area contributed by atoms with Crippen LogP contribution < -0.4 is 4.74 Å². The summed E-state index contributed by atoms with van der Waals surface area (Å²) in [6.07, 6.45) is 5.11. The monoisotopic (exact) mass is 360 g/mol. The van der Waals surface area contributed by atoms with Gasteiger partial charge in [-0.1, -0.05) is 30.3 Å². The molecule has 1 aromatic heterocycles. The molecule has 1 aliphatic heterocycles. The summed E-state index contributed by atoms with van der Waals surface area (Å²) in [7, 11) is 4.02. The summed E-state index contributed by atoms with van der Waals surface area (Å²) in [5.74, 6) is 0.955. The van der Waals surface area contributed by atoms with E-state index in [2.05, 4.69) is 59.0 Å². The highest BCUT2D eigenvalue weighted by Gasteiger charge is 2.44. The maximum Gasteiger partial charge on any atom is 0.119 e. The molecule has 1 fully saturated rings. The molecule has 3 nitrogen and oxygen atoms in total. The molecule has 3 heteroatoms. The molecule has 2 heterocycles. The van der Waals surface area contributed by atoms with Gasteiger partial charge in [0.05, 0.1) is 7.11 Å². The van der Waals surface area contributed by atoms with Crippen molar-refractivity contribution in [3.05, 3.63) is 65.4 Å². The molecule has 3 aromatic rings. The molecule has 2 aromatic carbocycles. The summed E-state index contributed by atoms with van der Waals surface area (Å²) in [6.45, 7) is 3.38. The fourth-order valence-electron chi connectivity index (χ4n) is 5.54. The number of rotatable bonds is 3. The number of hydrogen-bond acceptors (Lipinski definition) is 2. The van der Waals surface area contributed by atoms with Crippen LogP contribution in [-0.2, 0) is 25.4 Å². The molecule has 2 aliphatic rings. The summed E-state index contributed by atoms with van der Waals surface area (Å²) >= 11 is 0. The first-order chi connectivity index (χ1) is 13.2. The minimum atomic E-state index is 0.383. The molecule has 0 bridgehead atoms. The van der Waals surface area contributed by atoms with Crippen molar-refractivity contribution in [3.63, 3.8) is 0 Å². The van der Waals surface area contributed by atoms with Gasteiger partial charge in [-0.2, -0.15) is 0 Å². The molecule has 0 radical (unpaired) electrons. The van der Waals surface area contributed by atoms with Gasteiger partial charge >= 0.3 is 0 Å². The van der Waals surface area contributed by atoms with Crippen LogP contribution in [0.25, 0.3) is 10.9 Å². The number of benzene rings is 2. The van der Waals surface area contributed by atoms with E-state index in [9.17, 15) is 0 Å². The maximum absolute atomic E-state index is 5.38. The number of hydrogen-bond donors (Lipinski definition) is 0. The zero-order chi connectivity index (χ0) is 18.4. The van der Waals surface area contributed by atoms with E-state index >= 15 is 0 Å². The van der Waals surface area contributed by atoms with E-state index in [0.717, 1.165) is 12.3 Å². The van der Waals surface area contributed by atoms with Gasteiger partial charge < -0.3 is 9.30 Å². The molecule has 0 atom stereocenters. The second-order valence-corrected chi connectivity index (χ2v) is 8.31. The highest BCUT2D eigenvalue weighted by atomic mass is 16.5. The Morgan fingerprint density at radius 2 is 1.81 bits per heavy atom. The Balaban J connectivity index is 1.37. The zero-order valence-electron chi connectivity index (χ0n) is 16.4. The summed E-state index contributed by atoms with van der Waals surface area (Å²) in [6, 6.07) is 17.4. The van der Waals surface area contributed by atoms with Crippen LogP contribution in [0.1, 0.15) is 36.1 Å². The Hall–Kier alpha value is -2.26. The Bertz CT molecular complexity index is 979. The smallest absolute Gasteiger partial charge is 0.119 e. The van der Waals surface area contributed by atoms with Crippen molar-refractivity contribution in [2.24, 2.45) is 7.05 Å². The predicted molar refractivity (Wildman–Crippen MR) is 110 cm³/mol. The lowest BCUT2D eigenvalue weighted by molar-refractivity contribution is 0.148. The van der Waals surface area contributed by atoms with E-state index in [4.69, 9.17) is 4.74 Å². The molecule has 1 saturated heterocycles. The van der Waals surface area contributed by atoms with Crippen LogP contribution in [0.2, 0.25) is 0 Å². The van der Waals surface area contributed by atoms with E-state index in [0.29, 0.717) is 5.41 Å². The fraction of sp³-hybridized carbons (Fsp3) is 0.417. The third-order valence-corrected chi connectivity index (χ3v) is 6.92. The van der Waals surface area contributed by atoms with Crippen LogP contribution in [0.5, 0.6) is 5.75 Å². The highest BCUT2D eigenvalue weighted by Crippen LogP contribution is 2.49. The number of methoxy groups -OCH3 is 1. The molecular weight excluding hydrogens is 332 g/mol. The second kappa shape index (κ2) is 6.42. The van der Waals surface area contributed by atoms with Crippen LogP contribution in [0.3, 0.4) is 0 Å². The number of aromatic nitrogens is 1. The average Bonchev–Trinajstić information content (AvgIpc) is 3.22. The third kappa shape index (κ3) is 2.68. The third-order valence-electron chi connectivity index (χ3n) is 6.92. The molecule has 1 spiro atoms. The van der Waals surface area contributed by atoms with Crippen molar-refractivity contribution in [2.75, 3.05) is 20.2 Å². The molecule has 5 rings (SSSR count). The first kappa shape index (κ1) is 16.9. The molecule has 1 aliphatic carbocycles. The fourth-order valence-corrected chi connectivity index (χ4v) is 5.54. The average molecular weight is 361 g/mol. The Morgan fingerprint density at radius 1 is 1.00 bits per heavy atom. The molecule has 27 heavy (non-hydrogen) atoms. The lowest BCUT2D eigenvalue weighted by Gasteiger charge is -2.40. The van der Waals surface area contributed by atoms with Gasteiger partial charge in [-0.15, -0.1) is 0 Å². The van der Waals surface area contributed by atoms with Gasteiger partial charge in [0.25, 0.3) is 0 Å². The van der Waals surface area contributed by atoms with Gasteiger partial charge in [0, 0.05) is 35.6 Å².